The van der Waals surface area contributed by atoms with Gasteiger partial charge in [0.15, 0.2) is 0 Å². The van der Waals surface area contributed by atoms with Gasteiger partial charge in [-0.25, -0.2) is 0 Å². The zero-order valence-electron chi connectivity index (χ0n) is 19.2. The summed E-state index contributed by atoms with van der Waals surface area (Å²) in [6, 6.07) is 37.4. The van der Waals surface area contributed by atoms with Crippen molar-refractivity contribution in [3.63, 3.8) is 0 Å². The number of hydrogen-bond donors (Lipinski definition) is 0. The second kappa shape index (κ2) is 10.2. The minimum absolute atomic E-state index is 0.162. The third-order valence-electron chi connectivity index (χ3n) is 5.85. The molecule has 0 aliphatic carbocycles. The number of aliphatic imine (C=N–C) groups is 1. The maximum Gasteiger partial charge on any atom is 0.119 e. The lowest BCUT2D eigenvalue weighted by Gasteiger charge is -2.23. The van der Waals surface area contributed by atoms with Crippen molar-refractivity contribution in [1.82, 2.24) is 0 Å². The largest absolute Gasteiger partial charge is 0.494 e. The average molecular weight is 446 g/mol. The number of rotatable bonds is 7. The number of hydrogen-bond acceptors (Lipinski definition) is 4. The van der Waals surface area contributed by atoms with Crippen molar-refractivity contribution in [3.05, 3.63) is 126 Å². The van der Waals surface area contributed by atoms with Crippen molar-refractivity contribution in [1.29, 1.82) is 0 Å². The van der Waals surface area contributed by atoms with Gasteiger partial charge >= 0.3 is 0 Å². The lowest BCUT2D eigenvalue weighted by Crippen LogP contribution is -2.18. The summed E-state index contributed by atoms with van der Waals surface area (Å²) >= 11 is 0. The Hall–Kier alpha value is -4.18. The van der Waals surface area contributed by atoms with Crippen LogP contribution < -0.4 is 9.75 Å². The van der Waals surface area contributed by atoms with Gasteiger partial charge in [-0.05, 0) is 72.1 Å². The second-order valence-electron chi connectivity index (χ2n) is 8.17. The van der Waals surface area contributed by atoms with Crippen molar-refractivity contribution in [2.75, 3.05) is 11.6 Å². The van der Waals surface area contributed by atoms with Crippen molar-refractivity contribution >= 4 is 23.3 Å². The number of benzene rings is 4. The van der Waals surface area contributed by atoms with Crippen molar-refractivity contribution in [2.24, 2.45) is 10.1 Å². The summed E-state index contributed by atoms with van der Waals surface area (Å²) < 4.78 is 5.52. The molecule has 34 heavy (non-hydrogen) atoms. The van der Waals surface area contributed by atoms with Crippen LogP contribution in [-0.4, -0.2) is 18.5 Å². The van der Waals surface area contributed by atoms with Crippen LogP contribution in [0.3, 0.4) is 0 Å². The molecule has 4 aromatic carbocycles. The highest BCUT2D eigenvalue weighted by Gasteiger charge is 2.29. The van der Waals surface area contributed by atoms with Crippen molar-refractivity contribution < 1.29 is 4.74 Å². The zero-order valence-corrected chi connectivity index (χ0v) is 19.2. The predicted molar refractivity (Wildman–Crippen MR) is 141 cm³/mol. The summed E-state index contributed by atoms with van der Waals surface area (Å²) in [6.07, 6.45) is 2.72. The first-order valence-electron chi connectivity index (χ1n) is 11.6. The molecule has 1 heterocycles. The van der Waals surface area contributed by atoms with Gasteiger partial charge in [-0.3, -0.25) is 10.0 Å². The highest BCUT2D eigenvalue weighted by molar-refractivity contribution is 6.04. The maximum atomic E-state index is 5.52. The fourth-order valence-electron chi connectivity index (χ4n) is 4.17. The van der Waals surface area contributed by atoms with E-state index in [2.05, 4.69) is 71.7 Å². The van der Waals surface area contributed by atoms with Crippen molar-refractivity contribution in [3.8, 4) is 5.75 Å². The molecule has 0 fully saturated rings. The van der Waals surface area contributed by atoms with E-state index in [1.807, 2.05) is 55.6 Å². The molecule has 4 heteroatoms. The number of para-hydroxylation sites is 1. The van der Waals surface area contributed by atoms with Gasteiger partial charge in [0.25, 0.3) is 0 Å². The van der Waals surface area contributed by atoms with Gasteiger partial charge < -0.3 is 4.74 Å². The molecule has 0 spiro atoms. The van der Waals surface area contributed by atoms with Crippen LogP contribution in [0.15, 0.2) is 119 Å². The summed E-state index contributed by atoms with van der Waals surface area (Å²) in [4.78, 5) is 4.70. The molecule has 0 saturated heterocycles. The number of anilines is 1. The van der Waals surface area contributed by atoms with E-state index in [9.17, 15) is 0 Å². The monoisotopic (exact) mass is 445 g/mol. The Morgan fingerprint density at radius 1 is 0.882 bits per heavy atom. The quantitative estimate of drug-likeness (QED) is 0.282. The van der Waals surface area contributed by atoms with Crippen LogP contribution in [0.5, 0.6) is 5.75 Å². The minimum atomic E-state index is 0.162. The summed E-state index contributed by atoms with van der Waals surface area (Å²) in [5, 5.41) is 7.20. The maximum absolute atomic E-state index is 5.52. The second-order valence-corrected chi connectivity index (χ2v) is 8.17. The van der Waals surface area contributed by atoms with E-state index >= 15 is 0 Å². The molecule has 1 unspecified atom stereocenters. The summed E-state index contributed by atoms with van der Waals surface area (Å²) in [7, 11) is 0. The lowest BCUT2D eigenvalue weighted by atomic mass is 9.98. The topological polar surface area (TPSA) is 37.2 Å². The third-order valence-corrected chi connectivity index (χ3v) is 5.85. The first-order chi connectivity index (χ1) is 16.8. The fourth-order valence-corrected chi connectivity index (χ4v) is 4.17. The van der Waals surface area contributed by atoms with Crippen LogP contribution in [0.2, 0.25) is 0 Å². The molecule has 1 aliphatic heterocycles. The molecule has 1 atom stereocenters. The standard InChI is InChI=1S/C30H27N3O/c1-2-34-28-18-16-23(17-19-28)22-31-26-13-9-12-25(20-26)29-21-30(24-10-5-3-6-11-24)33(32-29)27-14-7-4-8-15-27/h3-20,22,30H,2,21H2,1H3. The Morgan fingerprint density at radius 2 is 1.62 bits per heavy atom. The Balaban J connectivity index is 1.40. The highest BCUT2D eigenvalue weighted by Crippen LogP contribution is 2.36. The Morgan fingerprint density at radius 3 is 2.35 bits per heavy atom. The SMILES string of the molecule is CCOc1ccc(C=Nc2cccc(C3=NN(c4ccccc4)C(c4ccccc4)C3)c2)cc1. The van der Waals surface area contributed by atoms with Crippen LogP contribution in [0.25, 0.3) is 0 Å². The van der Waals surface area contributed by atoms with E-state index in [1.165, 1.54) is 5.56 Å². The molecule has 5 rings (SSSR count). The van der Waals surface area contributed by atoms with E-state index in [-0.39, 0.29) is 6.04 Å². The molecular formula is C30H27N3O. The first-order valence-corrected chi connectivity index (χ1v) is 11.6. The predicted octanol–water partition coefficient (Wildman–Crippen LogP) is 7.19. The van der Waals surface area contributed by atoms with E-state index < -0.39 is 0 Å². The molecular weight excluding hydrogens is 418 g/mol. The summed E-state index contributed by atoms with van der Waals surface area (Å²) in [5.41, 5.74) is 6.46. The van der Waals surface area contributed by atoms with Crippen LogP contribution in [0.4, 0.5) is 11.4 Å². The minimum Gasteiger partial charge on any atom is -0.494 e. The molecule has 0 saturated carbocycles. The summed E-state index contributed by atoms with van der Waals surface area (Å²) in [5.74, 6) is 0.872. The van der Waals surface area contributed by atoms with Gasteiger partial charge in [-0.2, -0.15) is 5.10 Å². The van der Waals surface area contributed by atoms with Gasteiger partial charge in [0.05, 0.1) is 29.7 Å². The molecule has 4 aromatic rings. The molecule has 1 aliphatic rings. The molecule has 0 amide bonds. The van der Waals surface area contributed by atoms with E-state index in [0.29, 0.717) is 6.61 Å². The molecule has 168 valence electrons. The van der Waals surface area contributed by atoms with E-state index in [1.54, 1.807) is 0 Å². The van der Waals surface area contributed by atoms with Gasteiger partial charge in [0.1, 0.15) is 5.75 Å². The van der Waals surface area contributed by atoms with Gasteiger partial charge in [-0.1, -0.05) is 60.7 Å². The van der Waals surface area contributed by atoms with Crippen molar-refractivity contribution in [2.45, 2.75) is 19.4 Å². The number of hydrazone groups is 1. The number of nitrogens with zero attached hydrogens (tertiary/aromatic N) is 3. The Bertz CT molecular complexity index is 1280. The van der Waals surface area contributed by atoms with Crippen LogP contribution in [0, 0.1) is 0 Å². The van der Waals surface area contributed by atoms with E-state index in [4.69, 9.17) is 14.8 Å². The van der Waals surface area contributed by atoms with Gasteiger partial charge in [0, 0.05) is 12.6 Å². The van der Waals surface area contributed by atoms with Gasteiger partial charge in [0.2, 0.25) is 0 Å². The van der Waals surface area contributed by atoms with Crippen LogP contribution >= 0.6 is 0 Å². The smallest absolute Gasteiger partial charge is 0.119 e. The first kappa shape index (κ1) is 21.7. The molecule has 0 bridgehead atoms. The summed E-state index contributed by atoms with van der Waals surface area (Å²) in [6.45, 7) is 2.65. The molecule has 4 nitrogen and oxygen atoms in total. The third kappa shape index (κ3) is 4.91. The normalized spacial score (nSPS) is 15.5. The fraction of sp³-hybridized carbons (Fsp3) is 0.133. The van der Waals surface area contributed by atoms with Crippen LogP contribution in [0.1, 0.15) is 36.1 Å². The highest BCUT2D eigenvalue weighted by atomic mass is 16.5. The van der Waals surface area contributed by atoms with E-state index in [0.717, 1.165) is 40.4 Å². The Kier molecular flexibility index (Phi) is 6.48. The zero-order chi connectivity index (χ0) is 23.2. The number of ether oxygens (including phenoxy) is 1. The Labute approximate surface area is 200 Å². The van der Waals surface area contributed by atoms with Gasteiger partial charge in [-0.15, -0.1) is 0 Å². The lowest BCUT2D eigenvalue weighted by molar-refractivity contribution is 0.340. The van der Waals surface area contributed by atoms with Crippen LogP contribution in [-0.2, 0) is 0 Å². The molecule has 0 aromatic heterocycles. The molecule has 0 N–H and O–H groups in total. The molecule has 0 radical (unpaired) electrons. The average Bonchev–Trinajstić information content (AvgIpc) is 3.35.